The molecule has 0 aromatic carbocycles. The molecule has 0 aliphatic carbocycles. The van der Waals surface area contributed by atoms with Crippen molar-refractivity contribution in [3.8, 4) is 0 Å². The SMILES string of the molecule is CCCCCCCCC(CCCCC(C)(C)C)C(N)=O. The molecule has 1 atom stereocenters. The summed E-state index contributed by atoms with van der Waals surface area (Å²) in [6, 6.07) is 0. The third-order valence-electron chi connectivity index (χ3n) is 4.04. The molecule has 20 heavy (non-hydrogen) atoms. The molecule has 0 rings (SSSR count). The van der Waals surface area contributed by atoms with Gasteiger partial charge in [0, 0.05) is 5.92 Å². The van der Waals surface area contributed by atoms with E-state index in [1.165, 1.54) is 44.9 Å². The highest BCUT2D eigenvalue weighted by molar-refractivity contribution is 5.76. The summed E-state index contributed by atoms with van der Waals surface area (Å²) in [5.41, 5.74) is 5.93. The van der Waals surface area contributed by atoms with Gasteiger partial charge in [-0.15, -0.1) is 0 Å². The molecule has 1 amide bonds. The molecule has 0 bridgehead atoms. The monoisotopic (exact) mass is 283 g/mol. The minimum atomic E-state index is -0.0886. The molecule has 0 heterocycles. The van der Waals surface area contributed by atoms with Gasteiger partial charge < -0.3 is 5.73 Å². The van der Waals surface area contributed by atoms with Gasteiger partial charge in [0.2, 0.25) is 5.91 Å². The highest BCUT2D eigenvalue weighted by Gasteiger charge is 2.15. The number of unbranched alkanes of at least 4 members (excludes halogenated alkanes) is 6. The predicted octanol–water partition coefficient (Wildman–Crippen LogP) is 5.45. The maximum absolute atomic E-state index is 11.5. The summed E-state index contributed by atoms with van der Waals surface area (Å²) in [5.74, 6) is 0.0236. The lowest BCUT2D eigenvalue weighted by molar-refractivity contribution is -0.122. The molecule has 0 spiro atoms. The summed E-state index contributed by atoms with van der Waals surface area (Å²) in [6.07, 6.45) is 13.3. The van der Waals surface area contributed by atoms with E-state index < -0.39 is 0 Å². The van der Waals surface area contributed by atoms with Crippen molar-refractivity contribution >= 4 is 5.91 Å². The smallest absolute Gasteiger partial charge is 0.220 e. The zero-order chi connectivity index (χ0) is 15.4. The molecule has 0 aliphatic heterocycles. The molecule has 0 fully saturated rings. The fraction of sp³-hybridized carbons (Fsp3) is 0.944. The average Bonchev–Trinajstić information content (AvgIpc) is 2.34. The Hall–Kier alpha value is -0.530. The molecule has 2 nitrogen and oxygen atoms in total. The van der Waals surface area contributed by atoms with E-state index in [0.717, 1.165) is 25.7 Å². The second-order valence-electron chi connectivity index (χ2n) is 7.46. The number of nitrogens with two attached hydrogens (primary N) is 1. The highest BCUT2D eigenvalue weighted by atomic mass is 16.1. The Morgan fingerprint density at radius 1 is 0.900 bits per heavy atom. The van der Waals surface area contributed by atoms with Crippen LogP contribution in [0.5, 0.6) is 0 Å². The number of amides is 1. The average molecular weight is 283 g/mol. The molecule has 0 saturated carbocycles. The van der Waals surface area contributed by atoms with Crippen LogP contribution in [0, 0.1) is 11.3 Å². The number of rotatable bonds is 12. The third-order valence-corrected chi connectivity index (χ3v) is 4.04. The lowest BCUT2D eigenvalue weighted by atomic mass is 9.87. The van der Waals surface area contributed by atoms with Crippen LogP contribution >= 0.6 is 0 Å². The molecule has 0 aromatic rings. The second-order valence-corrected chi connectivity index (χ2v) is 7.46. The summed E-state index contributed by atoms with van der Waals surface area (Å²) in [6.45, 7) is 9.05. The van der Waals surface area contributed by atoms with Gasteiger partial charge in [0.05, 0.1) is 0 Å². The topological polar surface area (TPSA) is 43.1 Å². The van der Waals surface area contributed by atoms with Crippen LogP contribution in [0.2, 0.25) is 0 Å². The predicted molar refractivity (Wildman–Crippen MR) is 88.6 cm³/mol. The Bertz CT molecular complexity index is 242. The Labute approximate surface area is 126 Å². The van der Waals surface area contributed by atoms with Crippen LogP contribution in [0.1, 0.15) is 98.3 Å². The van der Waals surface area contributed by atoms with Gasteiger partial charge in [0.15, 0.2) is 0 Å². The number of hydrogen-bond acceptors (Lipinski definition) is 1. The molecule has 0 saturated heterocycles. The lowest BCUT2D eigenvalue weighted by Gasteiger charge is -2.18. The first-order valence-corrected chi connectivity index (χ1v) is 8.66. The molecular weight excluding hydrogens is 246 g/mol. The van der Waals surface area contributed by atoms with Gasteiger partial charge in [-0.1, -0.05) is 79.1 Å². The van der Waals surface area contributed by atoms with Crippen LogP contribution in [0.4, 0.5) is 0 Å². The Balaban J connectivity index is 3.69. The molecule has 0 aromatic heterocycles. The van der Waals surface area contributed by atoms with E-state index in [2.05, 4.69) is 27.7 Å². The van der Waals surface area contributed by atoms with Gasteiger partial charge in [0.25, 0.3) is 0 Å². The normalized spacial score (nSPS) is 13.4. The first kappa shape index (κ1) is 19.5. The maximum Gasteiger partial charge on any atom is 0.220 e. The summed E-state index contributed by atoms with van der Waals surface area (Å²) < 4.78 is 0. The van der Waals surface area contributed by atoms with E-state index in [-0.39, 0.29) is 11.8 Å². The minimum absolute atomic E-state index is 0.0886. The molecule has 0 radical (unpaired) electrons. The molecule has 120 valence electrons. The van der Waals surface area contributed by atoms with Crippen molar-refractivity contribution in [2.45, 2.75) is 98.3 Å². The molecule has 2 heteroatoms. The molecule has 2 N–H and O–H groups in total. The fourth-order valence-electron chi connectivity index (χ4n) is 2.65. The van der Waals surface area contributed by atoms with Gasteiger partial charge in [-0.2, -0.15) is 0 Å². The number of carbonyl (C=O) groups excluding carboxylic acids is 1. The fourth-order valence-corrected chi connectivity index (χ4v) is 2.65. The third kappa shape index (κ3) is 12.5. The van der Waals surface area contributed by atoms with Gasteiger partial charge in [0.1, 0.15) is 0 Å². The molecular formula is C18H37NO. The maximum atomic E-state index is 11.5. The van der Waals surface area contributed by atoms with Crippen molar-refractivity contribution < 1.29 is 4.79 Å². The van der Waals surface area contributed by atoms with Gasteiger partial charge in [-0.25, -0.2) is 0 Å². The number of carbonyl (C=O) groups is 1. The molecule has 1 unspecified atom stereocenters. The summed E-state index contributed by atoms with van der Waals surface area (Å²) in [7, 11) is 0. The van der Waals surface area contributed by atoms with Crippen molar-refractivity contribution in [3.63, 3.8) is 0 Å². The van der Waals surface area contributed by atoms with Crippen LogP contribution in [0.3, 0.4) is 0 Å². The van der Waals surface area contributed by atoms with E-state index >= 15 is 0 Å². The van der Waals surface area contributed by atoms with Crippen LogP contribution in [-0.2, 0) is 4.79 Å². The van der Waals surface area contributed by atoms with Gasteiger partial charge in [-0.05, 0) is 24.7 Å². The zero-order valence-corrected chi connectivity index (χ0v) is 14.3. The van der Waals surface area contributed by atoms with E-state index in [1.54, 1.807) is 0 Å². The van der Waals surface area contributed by atoms with Crippen molar-refractivity contribution in [1.29, 1.82) is 0 Å². The van der Waals surface area contributed by atoms with Crippen LogP contribution < -0.4 is 5.73 Å². The van der Waals surface area contributed by atoms with Crippen molar-refractivity contribution in [2.24, 2.45) is 17.1 Å². The molecule has 0 aliphatic rings. The minimum Gasteiger partial charge on any atom is -0.369 e. The quantitative estimate of drug-likeness (QED) is 0.476. The van der Waals surface area contributed by atoms with Crippen molar-refractivity contribution in [3.05, 3.63) is 0 Å². The van der Waals surface area contributed by atoms with Gasteiger partial charge >= 0.3 is 0 Å². The van der Waals surface area contributed by atoms with Crippen molar-refractivity contribution in [1.82, 2.24) is 0 Å². The van der Waals surface area contributed by atoms with Crippen LogP contribution in [0.15, 0.2) is 0 Å². The first-order valence-electron chi connectivity index (χ1n) is 8.66. The number of hydrogen-bond donors (Lipinski definition) is 1. The standard InChI is InChI=1S/C18H37NO/c1-5-6-7-8-9-10-13-16(17(19)20)14-11-12-15-18(2,3)4/h16H,5-15H2,1-4H3,(H2,19,20). The Morgan fingerprint density at radius 2 is 1.40 bits per heavy atom. The second kappa shape index (κ2) is 11.2. The largest absolute Gasteiger partial charge is 0.369 e. The summed E-state index contributed by atoms with van der Waals surface area (Å²) in [4.78, 5) is 11.5. The Kier molecular flexibility index (Phi) is 10.9. The highest BCUT2D eigenvalue weighted by Crippen LogP contribution is 2.24. The van der Waals surface area contributed by atoms with Crippen molar-refractivity contribution in [2.75, 3.05) is 0 Å². The van der Waals surface area contributed by atoms with E-state index in [9.17, 15) is 4.79 Å². The summed E-state index contributed by atoms with van der Waals surface area (Å²) in [5, 5.41) is 0. The zero-order valence-electron chi connectivity index (χ0n) is 14.3. The Morgan fingerprint density at radius 3 is 1.90 bits per heavy atom. The van der Waals surface area contributed by atoms with E-state index in [0.29, 0.717) is 5.41 Å². The first-order chi connectivity index (χ1) is 9.37. The van der Waals surface area contributed by atoms with Crippen LogP contribution in [0.25, 0.3) is 0 Å². The summed E-state index contributed by atoms with van der Waals surface area (Å²) >= 11 is 0. The number of primary amides is 1. The lowest BCUT2D eigenvalue weighted by Crippen LogP contribution is -2.23. The van der Waals surface area contributed by atoms with E-state index in [1.807, 2.05) is 0 Å². The van der Waals surface area contributed by atoms with Gasteiger partial charge in [-0.3, -0.25) is 4.79 Å². The van der Waals surface area contributed by atoms with Crippen LogP contribution in [-0.4, -0.2) is 5.91 Å². The van der Waals surface area contributed by atoms with E-state index in [4.69, 9.17) is 5.73 Å².